The van der Waals surface area contributed by atoms with Crippen LogP contribution in [0.4, 0.5) is 11.6 Å². The summed E-state index contributed by atoms with van der Waals surface area (Å²) >= 11 is 1.60. The van der Waals surface area contributed by atoms with Gasteiger partial charge in [-0.05, 0) is 37.4 Å². The summed E-state index contributed by atoms with van der Waals surface area (Å²) in [4.78, 5) is 19.7. The summed E-state index contributed by atoms with van der Waals surface area (Å²) in [6, 6.07) is 7.23. The number of aromatic nitrogens is 2. The maximum Gasteiger partial charge on any atom is 0.352 e. The van der Waals surface area contributed by atoms with E-state index in [1.165, 1.54) is 0 Å². The second kappa shape index (κ2) is 6.40. The number of nitrogens with zero attached hydrogens (tertiary/aromatic N) is 3. The Balaban J connectivity index is 2.41. The molecule has 0 spiro atoms. The lowest BCUT2D eigenvalue weighted by Crippen LogP contribution is -2.05. The first-order valence-corrected chi connectivity index (χ1v) is 7.30. The van der Waals surface area contributed by atoms with E-state index >= 15 is 0 Å². The highest BCUT2D eigenvalue weighted by Crippen LogP contribution is 2.32. The third-order valence-electron chi connectivity index (χ3n) is 2.71. The molecule has 1 heterocycles. The van der Waals surface area contributed by atoms with Gasteiger partial charge in [-0.1, -0.05) is 0 Å². The molecule has 110 valence electrons. The van der Waals surface area contributed by atoms with Crippen LogP contribution in [0.3, 0.4) is 0 Å². The van der Waals surface area contributed by atoms with Gasteiger partial charge in [0.05, 0.1) is 4.92 Å². The van der Waals surface area contributed by atoms with Gasteiger partial charge in [0, 0.05) is 11.9 Å². The summed E-state index contributed by atoms with van der Waals surface area (Å²) in [5.74, 6) is 0.679. The van der Waals surface area contributed by atoms with Gasteiger partial charge in [0.25, 0.3) is 0 Å². The molecule has 21 heavy (non-hydrogen) atoms. The highest BCUT2D eigenvalue weighted by Gasteiger charge is 2.24. The molecule has 0 aliphatic carbocycles. The second-order valence-corrected chi connectivity index (χ2v) is 4.95. The van der Waals surface area contributed by atoms with E-state index in [4.69, 9.17) is 4.74 Å². The molecule has 0 bridgehead atoms. The Hall–Kier alpha value is -2.35. The number of aryl methyl sites for hydroxylation is 1. The van der Waals surface area contributed by atoms with Gasteiger partial charge in [-0.2, -0.15) is 4.98 Å². The van der Waals surface area contributed by atoms with Crippen LogP contribution >= 0.6 is 11.8 Å². The van der Waals surface area contributed by atoms with Gasteiger partial charge < -0.3 is 10.1 Å². The lowest BCUT2D eigenvalue weighted by molar-refractivity contribution is -0.386. The first-order chi connectivity index (χ1) is 10.0. The molecule has 0 saturated carbocycles. The molecule has 0 amide bonds. The number of rotatable bonds is 5. The van der Waals surface area contributed by atoms with Crippen LogP contribution in [0.2, 0.25) is 0 Å². The Morgan fingerprint density at radius 1 is 1.29 bits per heavy atom. The molecule has 2 rings (SSSR count). The highest BCUT2D eigenvalue weighted by molar-refractivity contribution is 7.98. The van der Waals surface area contributed by atoms with Gasteiger partial charge in [-0.25, -0.2) is 4.98 Å². The number of anilines is 1. The Labute approximate surface area is 125 Å². The lowest BCUT2D eigenvalue weighted by atomic mass is 10.3. The summed E-state index contributed by atoms with van der Waals surface area (Å²) < 4.78 is 5.55. The Kier molecular flexibility index (Phi) is 4.59. The number of hydrogen-bond donors (Lipinski definition) is 1. The summed E-state index contributed by atoms with van der Waals surface area (Å²) in [7, 11) is 1.64. The fourth-order valence-electron chi connectivity index (χ4n) is 1.69. The molecule has 1 N–H and O–H groups in total. The Morgan fingerprint density at radius 2 is 1.95 bits per heavy atom. The van der Waals surface area contributed by atoms with Gasteiger partial charge in [-0.3, -0.25) is 10.1 Å². The molecule has 0 atom stereocenters. The van der Waals surface area contributed by atoms with Gasteiger partial charge in [0.15, 0.2) is 0 Å². The molecule has 0 unspecified atom stereocenters. The van der Waals surface area contributed by atoms with E-state index in [1.807, 2.05) is 18.4 Å². The molecule has 0 aliphatic rings. The third kappa shape index (κ3) is 3.40. The van der Waals surface area contributed by atoms with Crippen molar-refractivity contribution >= 4 is 23.4 Å². The fraction of sp³-hybridized carbons (Fsp3) is 0.231. The molecule has 7 nitrogen and oxygen atoms in total. The van der Waals surface area contributed by atoms with Crippen LogP contribution in [-0.4, -0.2) is 28.2 Å². The van der Waals surface area contributed by atoms with Crippen molar-refractivity contribution in [3.05, 3.63) is 40.1 Å². The van der Waals surface area contributed by atoms with Crippen LogP contribution in [0.25, 0.3) is 0 Å². The number of nitrogens with one attached hydrogen (secondary N) is 1. The standard InChI is InChI=1S/C13H14N4O3S/c1-8-11(17(18)19)12(16-13(14-2)15-8)20-9-4-6-10(21-3)7-5-9/h4-7H,1-3H3,(H,14,15,16). The smallest absolute Gasteiger partial charge is 0.352 e. The van der Waals surface area contributed by atoms with E-state index in [2.05, 4.69) is 15.3 Å². The minimum atomic E-state index is -0.541. The summed E-state index contributed by atoms with van der Waals surface area (Å²) in [6.07, 6.45) is 1.97. The van der Waals surface area contributed by atoms with Crippen LogP contribution in [0.1, 0.15) is 5.69 Å². The molecule has 0 radical (unpaired) electrons. The maximum absolute atomic E-state index is 11.2. The fourth-order valence-corrected chi connectivity index (χ4v) is 2.10. The van der Waals surface area contributed by atoms with Gasteiger partial charge in [0.1, 0.15) is 11.4 Å². The highest BCUT2D eigenvalue weighted by atomic mass is 32.2. The molecule has 0 aliphatic heterocycles. The zero-order valence-electron chi connectivity index (χ0n) is 11.8. The van der Waals surface area contributed by atoms with E-state index in [-0.39, 0.29) is 23.2 Å². The van der Waals surface area contributed by atoms with Crippen molar-refractivity contribution in [1.29, 1.82) is 0 Å². The molecule has 2 aromatic rings. The Morgan fingerprint density at radius 3 is 2.48 bits per heavy atom. The lowest BCUT2D eigenvalue weighted by Gasteiger charge is -2.08. The molecule has 0 fully saturated rings. The third-order valence-corrected chi connectivity index (χ3v) is 3.45. The largest absolute Gasteiger partial charge is 0.434 e. The number of benzene rings is 1. The average molecular weight is 306 g/mol. The predicted octanol–water partition coefficient (Wildman–Crippen LogP) is 3.25. The van der Waals surface area contributed by atoms with Crippen LogP contribution in [0, 0.1) is 17.0 Å². The molecular weight excluding hydrogens is 292 g/mol. The van der Waals surface area contributed by atoms with Crippen LogP contribution in [0.15, 0.2) is 29.2 Å². The number of nitro groups is 1. The number of thioether (sulfide) groups is 1. The van der Waals surface area contributed by atoms with Crippen molar-refractivity contribution in [2.75, 3.05) is 18.6 Å². The first-order valence-electron chi connectivity index (χ1n) is 6.08. The van der Waals surface area contributed by atoms with E-state index in [0.29, 0.717) is 5.75 Å². The molecule has 1 aromatic heterocycles. The maximum atomic E-state index is 11.2. The molecule has 1 aromatic carbocycles. The van der Waals surface area contributed by atoms with Crippen molar-refractivity contribution in [1.82, 2.24) is 9.97 Å². The van der Waals surface area contributed by atoms with Crippen molar-refractivity contribution in [2.24, 2.45) is 0 Å². The zero-order valence-corrected chi connectivity index (χ0v) is 12.6. The van der Waals surface area contributed by atoms with E-state index in [0.717, 1.165) is 4.90 Å². The van der Waals surface area contributed by atoms with Gasteiger partial charge >= 0.3 is 11.6 Å². The van der Waals surface area contributed by atoms with Crippen molar-refractivity contribution < 1.29 is 9.66 Å². The molecule has 0 saturated heterocycles. The number of hydrogen-bond acceptors (Lipinski definition) is 7. The summed E-state index contributed by atoms with van der Waals surface area (Å²) in [5, 5.41) is 13.9. The monoisotopic (exact) mass is 306 g/mol. The van der Waals surface area contributed by atoms with E-state index in [1.54, 1.807) is 37.9 Å². The SMILES string of the molecule is CNc1nc(C)c([N+](=O)[O-])c(Oc2ccc(SC)cc2)n1. The minimum Gasteiger partial charge on any atom is -0.434 e. The summed E-state index contributed by atoms with van der Waals surface area (Å²) in [5.41, 5.74) is 0.0121. The average Bonchev–Trinajstić information content (AvgIpc) is 2.47. The van der Waals surface area contributed by atoms with Gasteiger partial charge in [-0.15, -0.1) is 11.8 Å². The molecular formula is C13H14N4O3S. The first kappa shape index (κ1) is 15.0. The van der Waals surface area contributed by atoms with Crippen LogP contribution in [0.5, 0.6) is 11.6 Å². The van der Waals surface area contributed by atoms with Gasteiger partial charge in [0.2, 0.25) is 5.95 Å². The van der Waals surface area contributed by atoms with Crippen LogP contribution in [-0.2, 0) is 0 Å². The van der Waals surface area contributed by atoms with E-state index in [9.17, 15) is 10.1 Å². The normalized spacial score (nSPS) is 10.2. The number of ether oxygens (including phenoxy) is 1. The Bertz CT molecular complexity index is 661. The topological polar surface area (TPSA) is 90.2 Å². The van der Waals surface area contributed by atoms with Crippen LogP contribution < -0.4 is 10.1 Å². The van der Waals surface area contributed by atoms with Crippen molar-refractivity contribution in [3.8, 4) is 11.6 Å². The van der Waals surface area contributed by atoms with Crippen molar-refractivity contribution in [2.45, 2.75) is 11.8 Å². The second-order valence-electron chi connectivity index (χ2n) is 4.07. The zero-order chi connectivity index (χ0) is 15.4. The summed E-state index contributed by atoms with van der Waals surface area (Å²) in [6.45, 7) is 1.55. The van der Waals surface area contributed by atoms with E-state index < -0.39 is 4.92 Å². The minimum absolute atomic E-state index is 0.0752. The molecule has 8 heteroatoms. The quantitative estimate of drug-likeness (QED) is 0.515. The predicted molar refractivity (Wildman–Crippen MR) is 81.3 cm³/mol. The van der Waals surface area contributed by atoms with Crippen molar-refractivity contribution in [3.63, 3.8) is 0 Å².